The van der Waals surface area contributed by atoms with Crippen LogP contribution in [0, 0.1) is 11.6 Å². The van der Waals surface area contributed by atoms with E-state index in [0.717, 1.165) is 36.2 Å². The minimum atomic E-state index is -0.758. The Morgan fingerprint density at radius 2 is 1.65 bits per heavy atom. The summed E-state index contributed by atoms with van der Waals surface area (Å²) in [6.45, 7) is 0. The highest BCUT2D eigenvalue weighted by atomic mass is 19.1. The molecule has 6 nitrogen and oxygen atoms in total. The van der Waals surface area contributed by atoms with Gasteiger partial charge in [-0.25, -0.2) is 23.4 Å². The minimum Gasteiger partial charge on any atom is -0.451 e. The predicted molar refractivity (Wildman–Crippen MR) is 114 cm³/mol. The van der Waals surface area contributed by atoms with E-state index < -0.39 is 17.4 Å². The number of benzene rings is 2. The molecule has 5 rings (SSSR count). The molecule has 0 spiro atoms. The third-order valence-corrected chi connectivity index (χ3v) is 5.71. The van der Waals surface area contributed by atoms with Crippen LogP contribution in [0.3, 0.4) is 0 Å². The molecule has 0 atom stereocenters. The average molecular weight is 421 g/mol. The summed E-state index contributed by atoms with van der Waals surface area (Å²) >= 11 is 0. The molecule has 0 amide bonds. The van der Waals surface area contributed by atoms with Crippen LogP contribution >= 0.6 is 0 Å². The van der Waals surface area contributed by atoms with Gasteiger partial charge in [-0.05, 0) is 49.2 Å². The Balaban J connectivity index is 1.52. The first-order valence-corrected chi connectivity index (χ1v) is 10.3. The summed E-state index contributed by atoms with van der Waals surface area (Å²) < 4.78 is 35.1. The zero-order chi connectivity index (χ0) is 21.4. The number of anilines is 1. The van der Waals surface area contributed by atoms with Crippen LogP contribution in [0.1, 0.15) is 38.1 Å². The van der Waals surface area contributed by atoms with E-state index in [0.29, 0.717) is 22.6 Å². The second-order valence-electron chi connectivity index (χ2n) is 7.72. The Morgan fingerprint density at radius 3 is 2.35 bits per heavy atom. The third-order valence-electron chi connectivity index (χ3n) is 5.71. The number of nitrogen functional groups attached to an aromatic ring is 1. The quantitative estimate of drug-likeness (QED) is 0.461. The Morgan fingerprint density at radius 1 is 0.935 bits per heavy atom. The number of hydrogen-bond acceptors (Lipinski definition) is 5. The normalized spacial score (nSPS) is 14.8. The van der Waals surface area contributed by atoms with E-state index in [9.17, 15) is 8.78 Å². The molecule has 1 saturated carbocycles. The zero-order valence-corrected chi connectivity index (χ0v) is 16.8. The maximum Gasteiger partial charge on any atom is 0.198 e. The van der Waals surface area contributed by atoms with Crippen molar-refractivity contribution < 1.29 is 13.5 Å². The van der Waals surface area contributed by atoms with Crippen molar-refractivity contribution >= 4 is 16.9 Å². The maximum absolute atomic E-state index is 13.9. The van der Waals surface area contributed by atoms with Gasteiger partial charge < -0.3 is 10.5 Å². The van der Waals surface area contributed by atoms with Gasteiger partial charge >= 0.3 is 0 Å². The van der Waals surface area contributed by atoms with Crippen molar-refractivity contribution in [2.75, 3.05) is 5.73 Å². The molecule has 0 radical (unpaired) electrons. The highest BCUT2D eigenvalue weighted by Gasteiger charge is 2.23. The molecule has 0 bridgehead atoms. The number of para-hydroxylation sites is 1. The van der Waals surface area contributed by atoms with Crippen LogP contribution in [0.2, 0.25) is 0 Å². The van der Waals surface area contributed by atoms with Crippen LogP contribution in [0.15, 0.2) is 48.8 Å². The molecule has 2 aromatic heterocycles. The molecule has 2 heterocycles. The van der Waals surface area contributed by atoms with Gasteiger partial charge in [0.05, 0.1) is 11.4 Å². The molecule has 1 aliphatic rings. The van der Waals surface area contributed by atoms with Gasteiger partial charge in [0, 0.05) is 5.56 Å². The molecule has 2 N–H and O–H groups in total. The van der Waals surface area contributed by atoms with Crippen LogP contribution < -0.4 is 10.5 Å². The molecular weight excluding hydrogens is 400 g/mol. The second-order valence-corrected chi connectivity index (χ2v) is 7.72. The first-order chi connectivity index (χ1) is 15.1. The smallest absolute Gasteiger partial charge is 0.198 e. The van der Waals surface area contributed by atoms with Gasteiger partial charge in [-0.2, -0.15) is 5.10 Å². The average Bonchev–Trinajstić information content (AvgIpc) is 3.19. The van der Waals surface area contributed by atoms with Gasteiger partial charge in [-0.15, -0.1) is 0 Å². The lowest BCUT2D eigenvalue weighted by Crippen LogP contribution is -2.14. The van der Waals surface area contributed by atoms with Crippen molar-refractivity contribution in [1.82, 2.24) is 19.7 Å². The summed E-state index contributed by atoms with van der Waals surface area (Å²) in [5.41, 5.74) is 8.39. The Bertz CT molecular complexity index is 1210. The second kappa shape index (κ2) is 7.94. The topological polar surface area (TPSA) is 78.8 Å². The predicted octanol–water partition coefficient (Wildman–Crippen LogP) is 5.65. The minimum absolute atomic E-state index is 0.283. The number of hydrogen-bond donors (Lipinski definition) is 1. The Labute approximate surface area is 177 Å². The van der Waals surface area contributed by atoms with Gasteiger partial charge in [-0.3, -0.25) is 0 Å². The highest BCUT2D eigenvalue weighted by molar-refractivity contribution is 5.98. The lowest BCUT2D eigenvalue weighted by Gasteiger charge is -2.22. The highest BCUT2D eigenvalue weighted by Crippen LogP contribution is 2.36. The van der Waals surface area contributed by atoms with Crippen molar-refractivity contribution in [1.29, 1.82) is 0 Å². The van der Waals surface area contributed by atoms with Gasteiger partial charge in [0.2, 0.25) is 0 Å². The fourth-order valence-electron chi connectivity index (χ4n) is 4.16. The third kappa shape index (κ3) is 3.58. The number of rotatable bonds is 4. The molecule has 158 valence electrons. The molecule has 31 heavy (non-hydrogen) atoms. The number of nitrogens with zero attached hydrogens (tertiary/aromatic N) is 4. The fraction of sp³-hybridized carbons (Fsp3) is 0.261. The molecule has 4 aromatic rings. The van der Waals surface area contributed by atoms with E-state index in [1.807, 2.05) is 4.68 Å². The van der Waals surface area contributed by atoms with Crippen molar-refractivity contribution in [3.63, 3.8) is 0 Å². The van der Waals surface area contributed by atoms with Crippen LogP contribution in [-0.2, 0) is 0 Å². The summed E-state index contributed by atoms with van der Waals surface area (Å²) in [4.78, 5) is 8.61. The van der Waals surface area contributed by atoms with E-state index >= 15 is 0 Å². The first kappa shape index (κ1) is 19.4. The van der Waals surface area contributed by atoms with E-state index in [1.165, 1.54) is 31.7 Å². The first-order valence-electron chi connectivity index (χ1n) is 10.3. The lowest BCUT2D eigenvalue weighted by atomic mass is 9.96. The van der Waals surface area contributed by atoms with E-state index in [1.54, 1.807) is 24.3 Å². The molecule has 1 aliphatic carbocycles. The van der Waals surface area contributed by atoms with Crippen LogP contribution in [0.25, 0.3) is 22.3 Å². The zero-order valence-electron chi connectivity index (χ0n) is 16.8. The molecule has 1 fully saturated rings. The molecular formula is C23H21F2N5O. The number of nitrogens with two attached hydrogens (primary N) is 1. The molecule has 8 heteroatoms. The summed E-state index contributed by atoms with van der Waals surface area (Å²) in [6.07, 6.45) is 7.15. The molecule has 0 aliphatic heterocycles. The van der Waals surface area contributed by atoms with Crippen molar-refractivity contribution in [2.45, 2.75) is 38.1 Å². The fourth-order valence-corrected chi connectivity index (χ4v) is 4.16. The lowest BCUT2D eigenvalue weighted by molar-refractivity contribution is 0.336. The van der Waals surface area contributed by atoms with Crippen LogP contribution in [-0.4, -0.2) is 19.7 Å². The monoisotopic (exact) mass is 421 g/mol. The number of aromatic nitrogens is 4. The maximum atomic E-state index is 13.9. The van der Waals surface area contributed by atoms with Crippen molar-refractivity contribution in [3.8, 4) is 22.8 Å². The Kier molecular flexibility index (Phi) is 4.97. The molecule has 0 unspecified atom stereocenters. The summed E-state index contributed by atoms with van der Waals surface area (Å²) in [5.74, 6) is -1.26. The van der Waals surface area contributed by atoms with Crippen LogP contribution in [0.4, 0.5) is 14.6 Å². The van der Waals surface area contributed by atoms with E-state index in [2.05, 4.69) is 9.97 Å². The van der Waals surface area contributed by atoms with Gasteiger partial charge in [0.1, 0.15) is 23.6 Å². The standard InChI is InChI=1S/C23H21F2N5O/c24-17-7-4-8-18(25)21(17)31-16-11-9-14(10-12-16)20-19-22(26)27-13-28-23(19)30(29-20)15-5-2-1-3-6-15/h4,7-13,15H,1-3,5-6H2,(H2,26,27,28). The number of ether oxygens (including phenoxy) is 1. The molecule has 2 aromatic carbocycles. The largest absolute Gasteiger partial charge is 0.451 e. The van der Waals surface area contributed by atoms with Crippen molar-refractivity contribution in [2.24, 2.45) is 0 Å². The summed E-state index contributed by atoms with van der Waals surface area (Å²) in [6, 6.07) is 10.7. The SMILES string of the molecule is Nc1ncnc2c1c(-c1ccc(Oc3c(F)cccc3F)cc1)nn2C1CCCCC1. The Hall–Kier alpha value is -3.55. The van der Waals surface area contributed by atoms with Gasteiger partial charge in [-0.1, -0.05) is 25.3 Å². The van der Waals surface area contributed by atoms with Gasteiger partial charge in [0.15, 0.2) is 23.0 Å². The van der Waals surface area contributed by atoms with Crippen molar-refractivity contribution in [3.05, 3.63) is 60.4 Å². The van der Waals surface area contributed by atoms with E-state index in [4.69, 9.17) is 15.6 Å². The van der Waals surface area contributed by atoms with E-state index in [-0.39, 0.29) is 6.04 Å². The summed E-state index contributed by atoms with van der Waals surface area (Å²) in [7, 11) is 0. The molecule has 0 saturated heterocycles. The number of fused-ring (bicyclic) bond motifs is 1. The van der Waals surface area contributed by atoms with Gasteiger partial charge in [0.25, 0.3) is 0 Å². The number of halogens is 2. The summed E-state index contributed by atoms with van der Waals surface area (Å²) in [5, 5.41) is 5.57. The van der Waals surface area contributed by atoms with Crippen LogP contribution in [0.5, 0.6) is 11.5 Å².